The molecule has 0 amide bonds. The van der Waals surface area contributed by atoms with Crippen molar-refractivity contribution in [2.45, 2.75) is 25.6 Å². The molecule has 0 fully saturated rings. The largest absolute Gasteiger partial charge is 0.404 e. The topological polar surface area (TPSA) is 28.0 Å². The van der Waals surface area contributed by atoms with Gasteiger partial charge in [-0.2, -0.15) is 13.2 Å². The molecule has 0 aromatic rings. The molecule has 0 saturated heterocycles. The van der Waals surface area contributed by atoms with E-state index in [9.17, 15) is 13.2 Å². The molecule has 6 heteroatoms. The van der Waals surface area contributed by atoms with Crippen molar-refractivity contribution in [2.24, 2.45) is 9.98 Å². The van der Waals surface area contributed by atoms with E-state index in [1.54, 1.807) is 6.92 Å². The number of halogens is 3. The monoisotopic (exact) mass is 223 g/mol. The van der Waals surface area contributed by atoms with E-state index in [1.807, 2.05) is 0 Å². The quantitative estimate of drug-likeness (QED) is 0.656. The molecule has 0 saturated carbocycles. The SMILES string of the molecule is CCN=C=NCCC(N(C)C)C(F)(F)F. The molecule has 0 N–H and O–H groups in total. The fourth-order valence-electron chi connectivity index (χ4n) is 1.07. The molecule has 0 heterocycles. The predicted octanol–water partition coefficient (Wildman–Crippen LogP) is 2.06. The van der Waals surface area contributed by atoms with Gasteiger partial charge in [0.05, 0.1) is 12.6 Å². The Morgan fingerprint density at radius 2 is 1.87 bits per heavy atom. The first-order valence-electron chi connectivity index (χ1n) is 4.70. The Kier molecular flexibility index (Phi) is 6.20. The third-order valence-electron chi connectivity index (χ3n) is 1.82. The maximum Gasteiger partial charge on any atom is 0.404 e. The fraction of sp³-hybridized carbons (Fsp3) is 0.889. The van der Waals surface area contributed by atoms with Crippen LogP contribution < -0.4 is 0 Å². The molecule has 3 nitrogen and oxygen atoms in total. The normalized spacial score (nSPS) is 13.5. The summed E-state index contributed by atoms with van der Waals surface area (Å²) in [4.78, 5) is 8.46. The van der Waals surface area contributed by atoms with Gasteiger partial charge in [-0.05, 0) is 27.4 Å². The molecule has 0 aliphatic rings. The number of hydrogen-bond acceptors (Lipinski definition) is 3. The lowest BCUT2D eigenvalue weighted by Gasteiger charge is -2.25. The van der Waals surface area contributed by atoms with Crippen LogP contribution in [-0.2, 0) is 0 Å². The van der Waals surface area contributed by atoms with Crippen molar-refractivity contribution in [3.8, 4) is 0 Å². The second-order valence-electron chi connectivity index (χ2n) is 3.27. The lowest BCUT2D eigenvalue weighted by Crippen LogP contribution is -2.41. The minimum atomic E-state index is -4.21. The number of nitrogens with zero attached hydrogens (tertiary/aromatic N) is 3. The lowest BCUT2D eigenvalue weighted by molar-refractivity contribution is -0.178. The summed E-state index contributed by atoms with van der Waals surface area (Å²) in [5, 5.41) is 0. The summed E-state index contributed by atoms with van der Waals surface area (Å²) < 4.78 is 37.3. The molecular formula is C9H16F3N3. The van der Waals surface area contributed by atoms with Gasteiger partial charge in [0.15, 0.2) is 0 Å². The molecule has 0 aromatic heterocycles. The van der Waals surface area contributed by atoms with Crippen LogP contribution in [0.25, 0.3) is 0 Å². The smallest absolute Gasteiger partial charge is 0.298 e. The highest BCUT2D eigenvalue weighted by atomic mass is 19.4. The summed E-state index contributed by atoms with van der Waals surface area (Å²) in [5.74, 6) is 0. The highest BCUT2D eigenvalue weighted by Gasteiger charge is 2.40. The maximum absolute atomic E-state index is 12.4. The third-order valence-corrected chi connectivity index (χ3v) is 1.82. The number of alkyl halides is 3. The van der Waals surface area contributed by atoms with Crippen LogP contribution in [0.15, 0.2) is 9.98 Å². The van der Waals surface area contributed by atoms with E-state index in [0.29, 0.717) is 6.54 Å². The summed E-state index contributed by atoms with van der Waals surface area (Å²) in [5.41, 5.74) is 0. The summed E-state index contributed by atoms with van der Waals surface area (Å²) in [6.07, 6.45) is -4.27. The standard InChI is InChI=1S/C9H16F3N3/c1-4-13-7-14-6-5-8(15(2)3)9(10,11)12/h8H,4-6H2,1-3H3. The van der Waals surface area contributed by atoms with Crippen LogP contribution >= 0.6 is 0 Å². The maximum atomic E-state index is 12.4. The van der Waals surface area contributed by atoms with Crippen LogP contribution in [0.5, 0.6) is 0 Å². The van der Waals surface area contributed by atoms with Gasteiger partial charge in [-0.15, -0.1) is 0 Å². The average Bonchev–Trinajstić information content (AvgIpc) is 2.08. The summed E-state index contributed by atoms with van der Waals surface area (Å²) in [6, 6.07) is 0.891. The van der Waals surface area contributed by atoms with Crippen LogP contribution in [-0.4, -0.2) is 50.3 Å². The van der Waals surface area contributed by atoms with Gasteiger partial charge in [-0.3, -0.25) is 4.90 Å². The van der Waals surface area contributed by atoms with E-state index >= 15 is 0 Å². The zero-order valence-corrected chi connectivity index (χ0v) is 9.17. The first kappa shape index (κ1) is 14.1. The Labute approximate surface area is 87.7 Å². The van der Waals surface area contributed by atoms with Crippen LogP contribution in [0.4, 0.5) is 13.2 Å². The van der Waals surface area contributed by atoms with Gasteiger partial charge in [-0.1, -0.05) is 0 Å². The van der Waals surface area contributed by atoms with Crippen molar-refractivity contribution in [3.05, 3.63) is 0 Å². The predicted molar refractivity (Wildman–Crippen MR) is 53.4 cm³/mol. The molecule has 0 radical (unpaired) electrons. The van der Waals surface area contributed by atoms with Crippen molar-refractivity contribution in [1.82, 2.24) is 4.90 Å². The molecule has 1 atom stereocenters. The summed E-state index contributed by atoms with van der Waals surface area (Å²) >= 11 is 0. The van der Waals surface area contributed by atoms with Gasteiger partial charge < -0.3 is 0 Å². The Hall–Kier alpha value is -0.870. The Morgan fingerprint density at radius 1 is 1.27 bits per heavy atom. The number of aliphatic imine (C=N–C) groups is 2. The highest BCUT2D eigenvalue weighted by molar-refractivity contribution is 5.40. The Bertz CT molecular complexity index is 229. The van der Waals surface area contributed by atoms with Gasteiger partial charge in [0.1, 0.15) is 6.04 Å². The molecule has 0 aliphatic heterocycles. The summed E-state index contributed by atoms with van der Waals surface area (Å²) in [6.45, 7) is 2.44. The van der Waals surface area contributed by atoms with Gasteiger partial charge in [0, 0.05) is 6.54 Å². The molecular weight excluding hydrogens is 207 g/mol. The highest BCUT2D eigenvalue weighted by Crippen LogP contribution is 2.25. The van der Waals surface area contributed by atoms with Crippen molar-refractivity contribution >= 4 is 6.01 Å². The second kappa shape index (κ2) is 6.58. The summed E-state index contributed by atoms with van der Waals surface area (Å²) in [7, 11) is 2.81. The van der Waals surface area contributed by atoms with Gasteiger partial charge in [-0.25, -0.2) is 9.98 Å². The first-order chi connectivity index (χ1) is 6.89. The van der Waals surface area contributed by atoms with Crippen molar-refractivity contribution < 1.29 is 13.2 Å². The number of hydrogen-bond donors (Lipinski definition) is 0. The molecule has 0 aliphatic carbocycles. The van der Waals surface area contributed by atoms with E-state index in [4.69, 9.17) is 0 Å². The second-order valence-corrected chi connectivity index (χ2v) is 3.27. The molecule has 15 heavy (non-hydrogen) atoms. The van der Waals surface area contributed by atoms with Crippen LogP contribution in [0.1, 0.15) is 13.3 Å². The third kappa shape index (κ3) is 6.25. The molecule has 88 valence electrons. The zero-order valence-electron chi connectivity index (χ0n) is 9.17. The van der Waals surface area contributed by atoms with E-state index in [-0.39, 0.29) is 13.0 Å². The van der Waals surface area contributed by atoms with Crippen LogP contribution in [0.2, 0.25) is 0 Å². The van der Waals surface area contributed by atoms with E-state index in [1.165, 1.54) is 14.1 Å². The van der Waals surface area contributed by atoms with Crippen molar-refractivity contribution in [1.29, 1.82) is 0 Å². The molecule has 0 bridgehead atoms. The minimum absolute atomic E-state index is 0.0667. The minimum Gasteiger partial charge on any atom is -0.298 e. The Balaban J connectivity index is 4.15. The van der Waals surface area contributed by atoms with Crippen LogP contribution in [0, 0.1) is 0 Å². The Morgan fingerprint density at radius 3 is 2.27 bits per heavy atom. The van der Waals surface area contributed by atoms with E-state index in [0.717, 1.165) is 4.90 Å². The molecule has 0 rings (SSSR count). The average molecular weight is 223 g/mol. The van der Waals surface area contributed by atoms with Crippen LogP contribution in [0.3, 0.4) is 0 Å². The van der Waals surface area contributed by atoms with E-state index in [2.05, 4.69) is 16.0 Å². The van der Waals surface area contributed by atoms with Crippen molar-refractivity contribution in [2.75, 3.05) is 27.2 Å². The molecule has 0 aromatic carbocycles. The van der Waals surface area contributed by atoms with Gasteiger partial charge in [0.2, 0.25) is 0 Å². The fourth-order valence-corrected chi connectivity index (χ4v) is 1.07. The molecule has 0 spiro atoms. The first-order valence-corrected chi connectivity index (χ1v) is 4.70. The van der Waals surface area contributed by atoms with Crippen molar-refractivity contribution in [3.63, 3.8) is 0 Å². The van der Waals surface area contributed by atoms with Gasteiger partial charge >= 0.3 is 6.18 Å². The molecule has 1 unspecified atom stereocenters. The zero-order chi connectivity index (χ0) is 11.9. The van der Waals surface area contributed by atoms with E-state index < -0.39 is 12.2 Å². The lowest BCUT2D eigenvalue weighted by atomic mass is 10.2. The number of rotatable bonds is 5. The van der Waals surface area contributed by atoms with Gasteiger partial charge in [0.25, 0.3) is 0 Å².